The molecule has 0 N–H and O–H groups in total. The first-order valence-corrected chi connectivity index (χ1v) is 11.0. The van der Waals surface area contributed by atoms with Crippen LogP contribution in [-0.2, 0) is 11.2 Å². The summed E-state index contributed by atoms with van der Waals surface area (Å²) in [6.07, 6.45) is 1.26. The van der Waals surface area contributed by atoms with E-state index in [0.717, 1.165) is 39.4 Å². The standard InChI is InChI=1S/C23H28ClN3OS/c1-15-7-8-18(13-16(15)2)14-21(28)27(12-6-11-26(4)5)23-25-22-17(3)19(24)9-10-20(22)29-23/h7-10,13H,6,11-12,14H2,1-5H3. The highest BCUT2D eigenvalue weighted by molar-refractivity contribution is 7.22. The molecule has 0 spiro atoms. The van der Waals surface area contributed by atoms with E-state index in [4.69, 9.17) is 16.6 Å². The number of fused-ring (bicyclic) bond motifs is 1. The highest BCUT2D eigenvalue weighted by atomic mass is 35.5. The first kappa shape index (κ1) is 21.8. The van der Waals surface area contributed by atoms with Crippen molar-refractivity contribution in [1.29, 1.82) is 0 Å². The second-order valence-corrected chi connectivity index (χ2v) is 9.23. The highest BCUT2D eigenvalue weighted by Crippen LogP contribution is 2.34. The van der Waals surface area contributed by atoms with E-state index in [1.807, 2.05) is 44.1 Å². The van der Waals surface area contributed by atoms with Crippen LogP contribution in [0.4, 0.5) is 5.13 Å². The van der Waals surface area contributed by atoms with Crippen LogP contribution in [0, 0.1) is 20.8 Å². The minimum atomic E-state index is 0.0785. The fourth-order valence-electron chi connectivity index (χ4n) is 3.26. The van der Waals surface area contributed by atoms with Gasteiger partial charge in [0.05, 0.1) is 16.6 Å². The summed E-state index contributed by atoms with van der Waals surface area (Å²) >= 11 is 7.82. The van der Waals surface area contributed by atoms with Crippen molar-refractivity contribution >= 4 is 44.2 Å². The van der Waals surface area contributed by atoms with Crippen LogP contribution < -0.4 is 4.90 Å². The lowest BCUT2D eigenvalue weighted by Crippen LogP contribution is -2.34. The van der Waals surface area contributed by atoms with Crippen molar-refractivity contribution in [2.75, 3.05) is 32.1 Å². The van der Waals surface area contributed by atoms with Crippen LogP contribution in [0.25, 0.3) is 10.2 Å². The molecular weight excluding hydrogens is 402 g/mol. The van der Waals surface area contributed by atoms with E-state index in [-0.39, 0.29) is 5.91 Å². The van der Waals surface area contributed by atoms with Gasteiger partial charge in [0.2, 0.25) is 5.91 Å². The van der Waals surface area contributed by atoms with E-state index in [0.29, 0.717) is 18.0 Å². The molecule has 0 aliphatic heterocycles. The molecule has 29 heavy (non-hydrogen) atoms. The van der Waals surface area contributed by atoms with E-state index >= 15 is 0 Å². The lowest BCUT2D eigenvalue weighted by Gasteiger charge is -2.21. The molecule has 0 aliphatic carbocycles. The number of halogens is 1. The molecule has 0 bridgehead atoms. The van der Waals surface area contributed by atoms with Crippen molar-refractivity contribution in [3.05, 3.63) is 57.6 Å². The molecule has 0 aliphatic rings. The molecule has 1 amide bonds. The van der Waals surface area contributed by atoms with Crippen molar-refractivity contribution in [2.45, 2.75) is 33.6 Å². The lowest BCUT2D eigenvalue weighted by molar-refractivity contribution is -0.118. The molecule has 1 heterocycles. The zero-order valence-electron chi connectivity index (χ0n) is 17.8. The van der Waals surface area contributed by atoms with Gasteiger partial charge < -0.3 is 4.90 Å². The van der Waals surface area contributed by atoms with Crippen LogP contribution in [0.3, 0.4) is 0 Å². The highest BCUT2D eigenvalue weighted by Gasteiger charge is 2.21. The summed E-state index contributed by atoms with van der Waals surface area (Å²) in [5.74, 6) is 0.0785. The van der Waals surface area contributed by atoms with Gasteiger partial charge in [0, 0.05) is 11.6 Å². The van der Waals surface area contributed by atoms with Crippen LogP contribution >= 0.6 is 22.9 Å². The molecule has 1 aromatic heterocycles. The number of nitrogens with zero attached hydrogens (tertiary/aromatic N) is 3. The molecule has 0 unspecified atom stereocenters. The lowest BCUT2D eigenvalue weighted by atomic mass is 10.0. The number of anilines is 1. The summed E-state index contributed by atoms with van der Waals surface area (Å²) < 4.78 is 1.05. The largest absolute Gasteiger partial charge is 0.309 e. The maximum atomic E-state index is 13.3. The third-order valence-corrected chi connectivity index (χ3v) is 6.64. The maximum absolute atomic E-state index is 13.3. The zero-order chi connectivity index (χ0) is 21.1. The smallest absolute Gasteiger partial charge is 0.233 e. The Balaban J connectivity index is 1.90. The number of benzene rings is 2. The Hall–Kier alpha value is -1.95. The fraction of sp³-hybridized carbons (Fsp3) is 0.391. The third-order valence-electron chi connectivity index (χ3n) is 5.18. The molecule has 0 radical (unpaired) electrons. The Labute approximate surface area is 182 Å². The Morgan fingerprint density at radius 1 is 1.07 bits per heavy atom. The molecule has 3 rings (SSSR count). The second kappa shape index (κ2) is 9.24. The summed E-state index contributed by atoms with van der Waals surface area (Å²) in [4.78, 5) is 22.0. The van der Waals surface area contributed by atoms with Crippen LogP contribution in [-0.4, -0.2) is 43.0 Å². The normalized spacial score (nSPS) is 11.4. The predicted octanol–water partition coefficient (Wildman–Crippen LogP) is 5.40. The quantitative estimate of drug-likeness (QED) is 0.504. The van der Waals surface area contributed by atoms with Crippen LogP contribution in [0.2, 0.25) is 5.02 Å². The third kappa shape index (κ3) is 5.16. The minimum Gasteiger partial charge on any atom is -0.309 e. The Morgan fingerprint density at radius 3 is 2.52 bits per heavy atom. The van der Waals surface area contributed by atoms with Gasteiger partial charge in [0.1, 0.15) is 0 Å². The van der Waals surface area contributed by atoms with Crippen molar-refractivity contribution < 1.29 is 4.79 Å². The average Bonchev–Trinajstić information content (AvgIpc) is 3.09. The van der Waals surface area contributed by atoms with Crippen molar-refractivity contribution in [2.24, 2.45) is 0 Å². The van der Waals surface area contributed by atoms with Gasteiger partial charge >= 0.3 is 0 Å². The number of aryl methyl sites for hydroxylation is 3. The minimum absolute atomic E-state index is 0.0785. The number of hydrogen-bond donors (Lipinski definition) is 0. The first-order chi connectivity index (χ1) is 13.8. The van der Waals surface area contributed by atoms with Gasteiger partial charge in [-0.3, -0.25) is 9.69 Å². The monoisotopic (exact) mass is 429 g/mol. The summed E-state index contributed by atoms with van der Waals surface area (Å²) in [6.45, 7) is 7.71. The predicted molar refractivity (Wildman–Crippen MR) is 125 cm³/mol. The van der Waals surface area contributed by atoms with Crippen LogP contribution in [0.1, 0.15) is 28.7 Å². The summed E-state index contributed by atoms with van der Waals surface area (Å²) in [5.41, 5.74) is 5.33. The van der Waals surface area contributed by atoms with E-state index < -0.39 is 0 Å². The molecule has 0 fully saturated rings. The number of carbonyl (C=O) groups is 1. The molecule has 0 atom stereocenters. The number of aromatic nitrogens is 1. The van der Waals surface area contributed by atoms with Gasteiger partial charge in [-0.15, -0.1) is 0 Å². The van der Waals surface area contributed by atoms with Crippen molar-refractivity contribution in [1.82, 2.24) is 9.88 Å². The van der Waals surface area contributed by atoms with E-state index in [1.165, 1.54) is 11.1 Å². The summed E-state index contributed by atoms with van der Waals surface area (Å²) in [6, 6.07) is 10.1. The van der Waals surface area contributed by atoms with E-state index in [1.54, 1.807) is 11.3 Å². The molecule has 154 valence electrons. The fourth-order valence-corrected chi connectivity index (χ4v) is 4.48. The van der Waals surface area contributed by atoms with Crippen LogP contribution in [0.5, 0.6) is 0 Å². The Morgan fingerprint density at radius 2 is 1.83 bits per heavy atom. The van der Waals surface area contributed by atoms with Crippen LogP contribution in [0.15, 0.2) is 30.3 Å². The number of amides is 1. The molecule has 6 heteroatoms. The van der Waals surface area contributed by atoms with Gasteiger partial charge in [0.25, 0.3) is 0 Å². The number of thiazole rings is 1. The molecule has 4 nitrogen and oxygen atoms in total. The topological polar surface area (TPSA) is 36.4 Å². The molecule has 3 aromatic rings. The number of hydrogen-bond acceptors (Lipinski definition) is 4. The van der Waals surface area contributed by atoms with Gasteiger partial charge in [-0.05, 0) is 82.2 Å². The molecule has 0 saturated carbocycles. The average molecular weight is 430 g/mol. The molecular formula is C23H28ClN3OS. The number of rotatable bonds is 7. The van der Waals surface area contributed by atoms with Gasteiger partial charge in [-0.1, -0.05) is 41.1 Å². The van der Waals surface area contributed by atoms with Gasteiger partial charge in [-0.2, -0.15) is 0 Å². The Kier molecular flexibility index (Phi) is 6.93. The molecule has 0 saturated heterocycles. The maximum Gasteiger partial charge on any atom is 0.233 e. The summed E-state index contributed by atoms with van der Waals surface area (Å²) in [5, 5.41) is 1.45. The summed E-state index contributed by atoms with van der Waals surface area (Å²) in [7, 11) is 4.09. The van der Waals surface area contributed by atoms with Gasteiger partial charge in [-0.25, -0.2) is 4.98 Å². The van der Waals surface area contributed by atoms with Crippen molar-refractivity contribution in [3.8, 4) is 0 Å². The van der Waals surface area contributed by atoms with Crippen molar-refractivity contribution in [3.63, 3.8) is 0 Å². The van der Waals surface area contributed by atoms with E-state index in [9.17, 15) is 4.79 Å². The zero-order valence-corrected chi connectivity index (χ0v) is 19.3. The SMILES string of the molecule is Cc1ccc(CC(=O)N(CCCN(C)C)c2nc3c(C)c(Cl)ccc3s2)cc1C. The van der Waals surface area contributed by atoms with E-state index in [2.05, 4.69) is 30.9 Å². The second-order valence-electron chi connectivity index (χ2n) is 7.81. The van der Waals surface area contributed by atoms with Gasteiger partial charge in [0.15, 0.2) is 5.13 Å². The first-order valence-electron chi connectivity index (χ1n) is 9.83. The molecule has 2 aromatic carbocycles. The number of carbonyl (C=O) groups excluding carboxylic acids is 1. The Bertz CT molecular complexity index is 1030.